The normalized spacial score (nSPS) is 9.88. The van der Waals surface area contributed by atoms with E-state index in [0.29, 0.717) is 11.3 Å². The zero-order chi connectivity index (χ0) is 12.3. The van der Waals surface area contributed by atoms with Crippen LogP contribution >= 0.6 is 0 Å². The molecule has 0 radical (unpaired) electrons. The van der Waals surface area contributed by atoms with Gasteiger partial charge in [-0.15, -0.1) is 0 Å². The van der Waals surface area contributed by atoms with E-state index in [2.05, 4.69) is 6.07 Å². The standard InChI is InChI=1S/C14H12N2O/c1-2-16-8-7-13(14(16)10-17)12-5-3-11(9-15)4-6-12/h3-8,10H,2H2,1H3. The van der Waals surface area contributed by atoms with Crippen LogP contribution in [0.1, 0.15) is 23.0 Å². The molecule has 0 unspecified atom stereocenters. The van der Waals surface area contributed by atoms with E-state index >= 15 is 0 Å². The second kappa shape index (κ2) is 4.67. The zero-order valence-electron chi connectivity index (χ0n) is 9.55. The molecule has 3 nitrogen and oxygen atoms in total. The molecule has 0 fully saturated rings. The van der Waals surface area contributed by atoms with E-state index in [-0.39, 0.29) is 0 Å². The number of nitriles is 1. The largest absolute Gasteiger partial charge is 0.345 e. The summed E-state index contributed by atoms with van der Waals surface area (Å²) in [5.74, 6) is 0. The van der Waals surface area contributed by atoms with Gasteiger partial charge in [-0.2, -0.15) is 5.26 Å². The van der Waals surface area contributed by atoms with Crippen LogP contribution in [0.5, 0.6) is 0 Å². The number of benzene rings is 1. The smallest absolute Gasteiger partial charge is 0.167 e. The van der Waals surface area contributed by atoms with Gasteiger partial charge in [0, 0.05) is 18.3 Å². The fourth-order valence-electron chi connectivity index (χ4n) is 1.86. The Balaban J connectivity index is 2.49. The van der Waals surface area contributed by atoms with Crippen molar-refractivity contribution in [1.29, 1.82) is 5.26 Å². The van der Waals surface area contributed by atoms with Crippen LogP contribution in [-0.2, 0) is 6.54 Å². The van der Waals surface area contributed by atoms with Crippen molar-refractivity contribution in [2.75, 3.05) is 0 Å². The second-order valence-corrected chi connectivity index (χ2v) is 3.71. The topological polar surface area (TPSA) is 45.8 Å². The molecule has 0 aliphatic rings. The molecular weight excluding hydrogens is 212 g/mol. The van der Waals surface area contributed by atoms with Crippen molar-refractivity contribution >= 4 is 6.29 Å². The summed E-state index contributed by atoms with van der Waals surface area (Å²) in [6.07, 6.45) is 2.77. The van der Waals surface area contributed by atoms with Gasteiger partial charge < -0.3 is 4.57 Å². The predicted octanol–water partition coefficient (Wildman–Crippen LogP) is 2.86. The number of hydrogen-bond acceptors (Lipinski definition) is 2. The molecule has 1 aromatic heterocycles. The summed E-state index contributed by atoms with van der Waals surface area (Å²) >= 11 is 0. The minimum atomic E-state index is 0.622. The first-order valence-electron chi connectivity index (χ1n) is 5.45. The summed E-state index contributed by atoms with van der Waals surface area (Å²) in [7, 11) is 0. The van der Waals surface area contributed by atoms with Crippen molar-refractivity contribution in [2.24, 2.45) is 0 Å². The molecule has 1 aromatic carbocycles. The summed E-state index contributed by atoms with van der Waals surface area (Å²) in [5, 5.41) is 8.73. The first kappa shape index (κ1) is 11.2. The number of carbonyl (C=O) groups excluding carboxylic acids is 1. The molecule has 0 aliphatic heterocycles. The lowest BCUT2D eigenvalue weighted by molar-refractivity contribution is 0.111. The molecule has 0 N–H and O–H groups in total. The molecule has 0 saturated heterocycles. The van der Waals surface area contributed by atoms with Crippen LogP contribution in [0.15, 0.2) is 36.5 Å². The Hall–Kier alpha value is -2.34. The van der Waals surface area contributed by atoms with E-state index in [0.717, 1.165) is 24.0 Å². The van der Waals surface area contributed by atoms with Gasteiger partial charge in [-0.1, -0.05) is 12.1 Å². The molecule has 2 rings (SSSR count). The predicted molar refractivity (Wildman–Crippen MR) is 65.6 cm³/mol. The van der Waals surface area contributed by atoms with Crippen molar-refractivity contribution in [3.63, 3.8) is 0 Å². The highest BCUT2D eigenvalue weighted by Crippen LogP contribution is 2.24. The number of carbonyl (C=O) groups is 1. The third-order valence-electron chi connectivity index (χ3n) is 2.78. The van der Waals surface area contributed by atoms with E-state index < -0.39 is 0 Å². The van der Waals surface area contributed by atoms with Gasteiger partial charge in [0.05, 0.1) is 17.3 Å². The average molecular weight is 224 g/mol. The second-order valence-electron chi connectivity index (χ2n) is 3.71. The van der Waals surface area contributed by atoms with Crippen molar-refractivity contribution < 1.29 is 4.79 Å². The molecule has 0 saturated carbocycles. The highest BCUT2D eigenvalue weighted by atomic mass is 16.1. The van der Waals surface area contributed by atoms with E-state index in [1.165, 1.54) is 0 Å². The molecule has 0 atom stereocenters. The molecule has 17 heavy (non-hydrogen) atoms. The first-order valence-corrected chi connectivity index (χ1v) is 5.45. The van der Waals surface area contributed by atoms with E-state index in [1.54, 1.807) is 12.1 Å². The quantitative estimate of drug-likeness (QED) is 0.752. The summed E-state index contributed by atoms with van der Waals surface area (Å²) in [6, 6.07) is 11.2. The summed E-state index contributed by atoms with van der Waals surface area (Å²) in [6.45, 7) is 2.76. The highest BCUT2D eigenvalue weighted by Gasteiger charge is 2.09. The summed E-state index contributed by atoms with van der Waals surface area (Å²) < 4.78 is 1.90. The lowest BCUT2D eigenvalue weighted by Crippen LogP contribution is -1.98. The van der Waals surface area contributed by atoms with Crippen LogP contribution in [0.3, 0.4) is 0 Å². The molecule has 2 aromatic rings. The minimum absolute atomic E-state index is 0.622. The van der Waals surface area contributed by atoms with Crippen LogP contribution < -0.4 is 0 Å². The van der Waals surface area contributed by atoms with E-state index in [1.807, 2.05) is 35.9 Å². The first-order chi connectivity index (χ1) is 8.30. The summed E-state index contributed by atoms with van der Waals surface area (Å²) in [4.78, 5) is 11.1. The van der Waals surface area contributed by atoms with E-state index in [4.69, 9.17) is 5.26 Å². The number of aromatic nitrogens is 1. The van der Waals surface area contributed by atoms with Crippen molar-refractivity contribution in [3.8, 4) is 17.2 Å². The lowest BCUT2D eigenvalue weighted by atomic mass is 10.0. The van der Waals surface area contributed by atoms with Crippen LogP contribution in [0.25, 0.3) is 11.1 Å². The molecule has 3 heteroatoms. The number of rotatable bonds is 3. The van der Waals surface area contributed by atoms with Gasteiger partial charge in [-0.3, -0.25) is 4.79 Å². The maximum Gasteiger partial charge on any atom is 0.167 e. The number of hydrogen-bond donors (Lipinski definition) is 0. The Morgan fingerprint density at radius 3 is 2.53 bits per heavy atom. The molecule has 1 heterocycles. The van der Waals surface area contributed by atoms with Gasteiger partial charge in [-0.05, 0) is 30.7 Å². The highest BCUT2D eigenvalue weighted by molar-refractivity contribution is 5.86. The SMILES string of the molecule is CCn1ccc(-c2ccc(C#N)cc2)c1C=O. The maximum atomic E-state index is 11.1. The summed E-state index contributed by atoms with van der Waals surface area (Å²) in [5.41, 5.74) is 3.16. The van der Waals surface area contributed by atoms with Gasteiger partial charge >= 0.3 is 0 Å². The Morgan fingerprint density at radius 2 is 2.00 bits per heavy atom. The van der Waals surface area contributed by atoms with Gasteiger partial charge in [0.15, 0.2) is 6.29 Å². The van der Waals surface area contributed by atoms with Crippen molar-refractivity contribution in [3.05, 3.63) is 47.8 Å². The van der Waals surface area contributed by atoms with Crippen LogP contribution in [0.4, 0.5) is 0 Å². The molecule has 84 valence electrons. The number of aryl methyl sites for hydroxylation is 1. The molecule has 0 spiro atoms. The Morgan fingerprint density at radius 1 is 1.29 bits per heavy atom. The lowest BCUT2D eigenvalue weighted by Gasteiger charge is -2.03. The molecule has 0 bridgehead atoms. The van der Waals surface area contributed by atoms with Gasteiger partial charge in [-0.25, -0.2) is 0 Å². The Bertz CT molecular complexity index is 573. The molecular formula is C14H12N2O. The monoisotopic (exact) mass is 224 g/mol. The number of nitrogens with zero attached hydrogens (tertiary/aromatic N) is 2. The van der Waals surface area contributed by atoms with Crippen LogP contribution in [0.2, 0.25) is 0 Å². The van der Waals surface area contributed by atoms with Crippen molar-refractivity contribution in [2.45, 2.75) is 13.5 Å². The third kappa shape index (κ3) is 1.98. The minimum Gasteiger partial charge on any atom is -0.345 e. The van der Waals surface area contributed by atoms with E-state index in [9.17, 15) is 4.79 Å². The zero-order valence-corrected chi connectivity index (χ0v) is 9.55. The Kier molecular flexibility index (Phi) is 3.06. The third-order valence-corrected chi connectivity index (χ3v) is 2.78. The van der Waals surface area contributed by atoms with Crippen LogP contribution in [-0.4, -0.2) is 10.9 Å². The molecule has 0 aliphatic carbocycles. The molecule has 0 amide bonds. The fraction of sp³-hybridized carbons (Fsp3) is 0.143. The van der Waals surface area contributed by atoms with Crippen molar-refractivity contribution in [1.82, 2.24) is 4.57 Å². The van der Waals surface area contributed by atoms with Gasteiger partial charge in [0.1, 0.15) is 0 Å². The van der Waals surface area contributed by atoms with Gasteiger partial charge in [0.2, 0.25) is 0 Å². The average Bonchev–Trinajstić information content (AvgIpc) is 2.81. The maximum absolute atomic E-state index is 11.1. The van der Waals surface area contributed by atoms with Crippen LogP contribution in [0, 0.1) is 11.3 Å². The number of aldehydes is 1. The Labute approximate surface area is 99.9 Å². The fourth-order valence-corrected chi connectivity index (χ4v) is 1.86. The van der Waals surface area contributed by atoms with Gasteiger partial charge in [0.25, 0.3) is 0 Å².